The highest BCUT2D eigenvalue weighted by atomic mass is 16.5. The van der Waals surface area contributed by atoms with E-state index in [1.54, 1.807) is 7.11 Å². The van der Waals surface area contributed by atoms with E-state index >= 15 is 0 Å². The van der Waals surface area contributed by atoms with Gasteiger partial charge in [-0.25, -0.2) is 4.79 Å². The fraction of sp³-hybridized carbons (Fsp3) is 0.500. The molecule has 5 nitrogen and oxygen atoms in total. The number of ether oxygens (including phenoxy) is 1. The maximum absolute atomic E-state index is 12.3. The number of nitrogens with zero attached hydrogens (tertiary/aromatic N) is 1. The summed E-state index contributed by atoms with van der Waals surface area (Å²) in [4.78, 5) is 24.8. The molecule has 1 aromatic carbocycles. The number of benzene rings is 1. The van der Waals surface area contributed by atoms with Crippen molar-refractivity contribution in [1.82, 2.24) is 4.90 Å². The fourth-order valence-corrected chi connectivity index (χ4v) is 2.04. The average Bonchev–Trinajstić information content (AvgIpc) is 2.45. The van der Waals surface area contributed by atoms with Gasteiger partial charge < -0.3 is 14.7 Å². The van der Waals surface area contributed by atoms with Gasteiger partial charge in [-0.05, 0) is 31.4 Å². The maximum Gasteiger partial charge on any atom is 0.329 e. The van der Waals surface area contributed by atoms with Gasteiger partial charge in [0.2, 0.25) is 5.91 Å². The molecule has 1 N–H and O–H groups in total. The Kier molecular flexibility index (Phi) is 5.35. The normalized spacial score (nSPS) is 12.6. The van der Waals surface area contributed by atoms with Gasteiger partial charge in [-0.1, -0.05) is 25.1 Å². The van der Waals surface area contributed by atoms with Crippen molar-refractivity contribution in [3.05, 3.63) is 29.8 Å². The Morgan fingerprint density at radius 2 is 1.90 bits per heavy atom. The Balaban J connectivity index is 2.86. The van der Waals surface area contributed by atoms with Gasteiger partial charge in [-0.2, -0.15) is 0 Å². The predicted molar refractivity (Wildman–Crippen MR) is 80.5 cm³/mol. The zero-order valence-electron chi connectivity index (χ0n) is 13.2. The summed E-state index contributed by atoms with van der Waals surface area (Å²) in [5, 5.41) is 9.18. The van der Waals surface area contributed by atoms with Crippen molar-refractivity contribution in [2.75, 3.05) is 14.2 Å². The number of carbonyl (C=O) groups is 2. The molecule has 0 saturated carbocycles. The van der Waals surface area contributed by atoms with E-state index in [4.69, 9.17) is 4.74 Å². The monoisotopic (exact) mass is 293 g/mol. The van der Waals surface area contributed by atoms with Crippen molar-refractivity contribution in [3.63, 3.8) is 0 Å². The summed E-state index contributed by atoms with van der Waals surface area (Å²) in [5.74, 6) is -0.553. The minimum Gasteiger partial charge on any atom is -0.496 e. The van der Waals surface area contributed by atoms with E-state index in [0.29, 0.717) is 0 Å². The first-order chi connectivity index (χ1) is 9.71. The van der Waals surface area contributed by atoms with Crippen molar-refractivity contribution >= 4 is 11.9 Å². The molecule has 0 radical (unpaired) electrons. The number of amides is 1. The first-order valence-electron chi connectivity index (χ1n) is 6.84. The summed E-state index contributed by atoms with van der Waals surface area (Å²) in [6.07, 6.45) is 0.230. The van der Waals surface area contributed by atoms with Crippen LogP contribution in [-0.4, -0.2) is 41.6 Å². The first-order valence-corrected chi connectivity index (χ1v) is 6.84. The van der Waals surface area contributed by atoms with Crippen LogP contribution in [0.1, 0.15) is 38.7 Å². The highest BCUT2D eigenvalue weighted by Gasteiger charge is 2.35. The Bertz CT molecular complexity index is 525. The number of rotatable bonds is 6. The minimum atomic E-state index is -1.22. The molecule has 0 bridgehead atoms. The van der Waals surface area contributed by atoms with Crippen molar-refractivity contribution in [2.45, 2.75) is 38.6 Å². The van der Waals surface area contributed by atoms with Crippen LogP contribution in [0.4, 0.5) is 0 Å². The highest BCUT2D eigenvalue weighted by Crippen LogP contribution is 2.29. The minimum absolute atomic E-state index is 0.0549. The van der Waals surface area contributed by atoms with E-state index in [2.05, 4.69) is 0 Å². The lowest BCUT2D eigenvalue weighted by Crippen LogP contribution is -2.50. The zero-order chi connectivity index (χ0) is 16.2. The van der Waals surface area contributed by atoms with E-state index in [-0.39, 0.29) is 18.2 Å². The predicted octanol–water partition coefficient (Wildman–Crippen LogP) is 2.51. The van der Waals surface area contributed by atoms with E-state index in [9.17, 15) is 14.7 Å². The molecule has 0 aliphatic carbocycles. The number of hydrogen-bond acceptors (Lipinski definition) is 3. The second kappa shape index (κ2) is 6.61. The molecule has 0 aromatic heterocycles. The van der Waals surface area contributed by atoms with Crippen LogP contribution in [0, 0.1) is 0 Å². The van der Waals surface area contributed by atoms with Crippen molar-refractivity contribution in [2.24, 2.45) is 0 Å². The molecule has 21 heavy (non-hydrogen) atoms. The largest absolute Gasteiger partial charge is 0.496 e. The van der Waals surface area contributed by atoms with Crippen LogP contribution in [-0.2, 0) is 9.59 Å². The number of aliphatic carboxylic acids is 1. The van der Waals surface area contributed by atoms with Crippen LogP contribution in [0.2, 0.25) is 0 Å². The molecule has 5 heteroatoms. The van der Waals surface area contributed by atoms with Gasteiger partial charge >= 0.3 is 5.97 Å². The summed E-state index contributed by atoms with van der Waals surface area (Å²) < 4.78 is 5.29. The van der Waals surface area contributed by atoms with Crippen molar-refractivity contribution < 1.29 is 19.4 Å². The second-order valence-corrected chi connectivity index (χ2v) is 5.66. The van der Waals surface area contributed by atoms with Gasteiger partial charge in [0, 0.05) is 13.5 Å². The number of carboxylic acid groups (broad SMARTS) is 1. The van der Waals surface area contributed by atoms with E-state index < -0.39 is 11.5 Å². The van der Waals surface area contributed by atoms with Gasteiger partial charge in [0.1, 0.15) is 11.3 Å². The molecule has 0 aliphatic heterocycles. The Morgan fingerprint density at radius 3 is 2.43 bits per heavy atom. The number of hydrogen-bond donors (Lipinski definition) is 1. The van der Waals surface area contributed by atoms with Gasteiger partial charge in [0.05, 0.1) is 7.11 Å². The molecule has 0 aliphatic rings. The molecule has 1 aromatic rings. The smallest absolute Gasteiger partial charge is 0.329 e. The van der Waals surface area contributed by atoms with Gasteiger partial charge in [0.15, 0.2) is 0 Å². The third-order valence-corrected chi connectivity index (χ3v) is 3.89. The molecule has 0 fully saturated rings. The van der Waals surface area contributed by atoms with Crippen LogP contribution in [0.25, 0.3) is 0 Å². The van der Waals surface area contributed by atoms with Crippen molar-refractivity contribution in [1.29, 1.82) is 0 Å². The third kappa shape index (κ3) is 3.74. The fourth-order valence-electron chi connectivity index (χ4n) is 2.04. The van der Waals surface area contributed by atoms with Crippen LogP contribution in [0.5, 0.6) is 5.75 Å². The highest BCUT2D eigenvalue weighted by molar-refractivity contribution is 5.86. The lowest BCUT2D eigenvalue weighted by molar-refractivity contribution is -0.155. The first kappa shape index (κ1) is 17.0. The standard InChI is InChI=1S/C16H23NO4/c1-11(12-8-6-7-9-13(12)21-5)10-14(18)17(4)16(2,3)15(19)20/h6-9,11H,10H2,1-5H3,(H,19,20). The zero-order valence-corrected chi connectivity index (χ0v) is 13.2. The summed E-state index contributed by atoms with van der Waals surface area (Å²) in [6.45, 7) is 4.96. The number of para-hydroxylation sites is 1. The Labute approximate surface area is 125 Å². The average molecular weight is 293 g/mol. The Hall–Kier alpha value is -2.04. The number of methoxy groups -OCH3 is 1. The van der Waals surface area contributed by atoms with Gasteiger partial charge in [0.25, 0.3) is 0 Å². The van der Waals surface area contributed by atoms with Crippen LogP contribution < -0.4 is 4.74 Å². The third-order valence-electron chi connectivity index (χ3n) is 3.89. The number of carbonyl (C=O) groups excluding carboxylic acids is 1. The quantitative estimate of drug-likeness (QED) is 0.875. The summed E-state index contributed by atoms with van der Waals surface area (Å²) >= 11 is 0. The van der Waals surface area contributed by atoms with Gasteiger partial charge in [-0.15, -0.1) is 0 Å². The molecule has 1 amide bonds. The molecule has 116 valence electrons. The SMILES string of the molecule is COc1ccccc1C(C)CC(=O)N(C)C(C)(C)C(=O)O. The summed E-state index contributed by atoms with van der Waals surface area (Å²) in [5.41, 5.74) is -0.285. The molecule has 0 spiro atoms. The van der Waals surface area contributed by atoms with Crippen LogP contribution >= 0.6 is 0 Å². The topological polar surface area (TPSA) is 66.8 Å². The molecule has 0 heterocycles. The van der Waals surface area contributed by atoms with Crippen LogP contribution in [0.15, 0.2) is 24.3 Å². The molecule has 0 saturated heterocycles. The maximum atomic E-state index is 12.3. The second-order valence-electron chi connectivity index (χ2n) is 5.66. The lowest BCUT2D eigenvalue weighted by Gasteiger charge is -2.32. The van der Waals surface area contributed by atoms with Gasteiger partial charge in [-0.3, -0.25) is 4.79 Å². The molecule has 1 rings (SSSR count). The summed E-state index contributed by atoms with van der Waals surface area (Å²) in [6, 6.07) is 7.53. The van der Waals surface area contributed by atoms with E-state index in [1.165, 1.54) is 25.8 Å². The van der Waals surface area contributed by atoms with E-state index in [0.717, 1.165) is 11.3 Å². The number of carboxylic acids is 1. The van der Waals surface area contributed by atoms with E-state index in [1.807, 2.05) is 31.2 Å². The lowest BCUT2D eigenvalue weighted by atomic mass is 9.95. The number of likely N-dealkylation sites (N-methyl/N-ethyl adjacent to an activating group) is 1. The molecular formula is C16H23NO4. The van der Waals surface area contributed by atoms with Crippen LogP contribution in [0.3, 0.4) is 0 Å². The summed E-state index contributed by atoms with van der Waals surface area (Å²) in [7, 11) is 3.11. The molecule has 1 unspecified atom stereocenters. The Morgan fingerprint density at radius 1 is 1.33 bits per heavy atom. The van der Waals surface area contributed by atoms with Crippen molar-refractivity contribution in [3.8, 4) is 5.75 Å². The molecule has 1 atom stereocenters. The molecular weight excluding hydrogens is 270 g/mol.